The van der Waals surface area contributed by atoms with Crippen LogP contribution in [0.5, 0.6) is 0 Å². The molecule has 2 unspecified atom stereocenters. The summed E-state index contributed by atoms with van der Waals surface area (Å²) in [5, 5.41) is 33.9. The minimum atomic E-state index is -1.47. The van der Waals surface area contributed by atoms with Crippen LogP contribution in [0.4, 0.5) is 10.6 Å². The number of amides is 3. The number of carboxylic acid groups (broad SMARTS) is 3. The summed E-state index contributed by atoms with van der Waals surface area (Å²) in [6.45, 7) is 0.270. The highest BCUT2D eigenvalue weighted by Crippen LogP contribution is 2.14. The molecule has 0 radical (unpaired) electrons. The molecule has 0 bridgehead atoms. The summed E-state index contributed by atoms with van der Waals surface area (Å²) < 4.78 is 0.262. The van der Waals surface area contributed by atoms with Crippen LogP contribution in [0.15, 0.2) is 18.3 Å². The number of nitrogens with zero attached hydrogens (tertiary/aromatic N) is 2. The van der Waals surface area contributed by atoms with Crippen LogP contribution in [0, 0.1) is 7.05 Å². The Labute approximate surface area is 196 Å². The largest absolute Gasteiger partial charge is 0.481 e. The molecule has 6 N–H and O–H groups in total. The summed E-state index contributed by atoms with van der Waals surface area (Å²) in [7, 11) is 7.61. The molecule has 2 atom stereocenters. The van der Waals surface area contributed by atoms with Crippen LogP contribution in [-0.2, 0) is 14.4 Å². The molecule has 1 aromatic heterocycles. The molecule has 1 rings (SSSR count). The second kappa shape index (κ2) is 13.1. The lowest BCUT2D eigenvalue weighted by Crippen LogP contribution is -2.51. The van der Waals surface area contributed by atoms with Gasteiger partial charge in [-0.2, -0.15) is 0 Å². The standard InChI is InChI=1S/C21H31N5O8/c1-26(2,3)16-9-7-13(12-23-16)18(29)22-11-5-4-6-14(19(30)31)24-21(34)25-15(20(32)33)8-10-17(27)28/h7,9,12,14-15H,1,4-6,8,10-11H2,2-3H3,(H,22,29)(H,27,28)(H,30,31)(H,32,33)(H2,24,25,34). The Morgan fingerprint density at radius 2 is 1.56 bits per heavy atom. The highest BCUT2D eigenvalue weighted by molar-refractivity contribution is 5.94. The number of nitrogens with one attached hydrogen (secondary N) is 3. The topological polar surface area (TPSA) is 195 Å². The van der Waals surface area contributed by atoms with Crippen LogP contribution in [0.1, 0.15) is 42.5 Å². The van der Waals surface area contributed by atoms with Crippen molar-refractivity contribution in [1.82, 2.24) is 25.4 Å². The molecule has 0 spiro atoms. The number of quaternary nitrogens is 1. The van der Waals surface area contributed by atoms with Crippen molar-refractivity contribution in [3.05, 3.63) is 30.9 Å². The minimum Gasteiger partial charge on any atom is -0.481 e. The predicted molar refractivity (Wildman–Crippen MR) is 121 cm³/mol. The van der Waals surface area contributed by atoms with E-state index in [0.29, 0.717) is 24.2 Å². The van der Waals surface area contributed by atoms with Crippen LogP contribution in [0.25, 0.3) is 0 Å². The zero-order chi connectivity index (χ0) is 25.9. The molecule has 0 aliphatic rings. The number of urea groups is 1. The van der Waals surface area contributed by atoms with Gasteiger partial charge in [0.1, 0.15) is 12.1 Å². The number of aromatic nitrogens is 1. The average molecular weight is 482 g/mol. The highest BCUT2D eigenvalue weighted by atomic mass is 16.4. The van der Waals surface area contributed by atoms with Gasteiger partial charge < -0.3 is 35.8 Å². The van der Waals surface area contributed by atoms with Gasteiger partial charge >= 0.3 is 23.9 Å². The highest BCUT2D eigenvalue weighted by Gasteiger charge is 2.24. The average Bonchev–Trinajstić information content (AvgIpc) is 2.74. The summed E-state index contributed by atoms with van der Waals surface area (Å²) in [4.78, 5) is 61.5. The first-order valence-electron chi connectivity index (χ1n) is 10.5. The predicted octanol–water partition coefficient (Wildman–Crippen LogP) is 0.411. The van der Waals surface area contributed by atoms with E-state index in [4.69, 9.17) is 10.2 Å². The monoisotopic (exact) mass is 481 g/mol. The number of aliphatic carboxylic acids is 3. The summed E-state index contributed by atoms with van der Waals surface area (Å²) in [5.74, 6) is -3.61. The molecular formula is C21H31N5O8. The normalized spacial score (nSPS) is 12.8. The maximum absolute atomic E-state index is 12.2. The fraction of sp³-hybridized carbons (Fsp3) is 0.476. The molecule has 0 aliphatic carbocycles. The Hall–Kier alpha value is -3.74. The molecule has 1 heterocycles. The third-order valence-electron chi connectivity index (χ3n) is 4.69. The van der Waals surface area contributed by atoms with Crippen LogP contribution in [-0.4, -0.2) is 82.9 Å². The van der Waals surface area contributed by atoms with Crippen molar-refractivity contribution in [1.29, 1.82) is 0 Å². The third-order valence-corrected chi connectivity index (χ3v) is 4.69. The lowest BCUT2D eigenvalue weighted by Gasteiger charge is -2.30. The smallest absolute Gasteiger partial charge is 0.326 e. The maximum Gasteiger partial charge on any atom is 0.326 e. The quantitative estimate of drug-likeness (QED) is 0.124. The van der Waals surface area contributed by atoms with Crippen molar-refractivity contribution in [3.8, 4) is 0 Å². The molecule has 13 nitrogen and oxygen atoms in total. The molecule has 0 fully saturated rings. The third kappa shape index (κ3) is 10.3. The first-order valence-corrected chi connectivity index (χ1v) is 10.5. The fourth-order valence-electron chi connectivity index (χ4n) is 2.80. The van der Waals surface area contributed by atoms with Crippen molar-refractivity contribution in [3.63, 3.8) is 0 Å². The van der Waals surface area contributed by atoms with Gasteiger partial charge in [0.2, 0.25) is 0 Å². The van der Waals surface area contributed by atoms with E-state index in [1.54, 1.807) is 12.1 Å². The van der Waals surface area contributed by atoms with Gasteiger partial charge in [-0.25, -0.2) is 19.4 Å². The van der Waals surface area contributed by atoms with Gasteiger partial charge in [0.15, 0.2) is 5.82 Å². The number of carboxylic acids is 3. The van der Waals surface area contributed by atoms with E-state index in [1.165, 1.54) is 6.20 Å². The van der Waals surface area contributed by atoms with Gasteiger partial charge in [-0.05, 0) is 31.7 Å². The van der Waals surface area contributed by atoms with Crippen LogP contribution in [0.2, 0.25) is 0 Å². The van der Waals surface area contributed by atoms with Gasteiger partial charge in [0.25, 0.3) is 5.91 Å². The van der Waals surface area contributed by atoms with Crippen LogP contribution >= 0.6 is 0 Å². The Bertz CT molecular complexity index is 882. The number of carbonyl (C=O) groups is 5. The van der Waals surface area contributed by atoms with Crippen molar-refractivity contribution in [2.45, 2.75) is 44.2 Å². The number of carbonyl (C=O) groups excluding carboxylic acids is 2. The lowest BCUT2D eigenvalue weighted by atomic mass is 10.1. The van der Waals surface area contributed by atoms with Gasteiger partial charge in [-0.3, -0.25) is 9.59 Å². The molecule has 188 valence electrons. The molecular weight excluding hydrogens is 450 g/mol. The van der Waals surface area contributed by atoms with E-state index in [0.717, 1.165) is 0 Å². The Morgan fingerprint density at radius 1 is 0.971 bits per heavy atom. The van der Waals surface area contributed by atoms with Crippen LogP contribution < -0.4 is 20.4 Å². The summed E-state index contributed by atoms with van der Waals surface area (Å²) >= 11 is 0. The number of unbranched alkanes of at least 4 members (excludes halogenated alkanes) is 1. The Balaban J connectivity index is 2.45. The SMILES string of the molecule is [CH2-][N+](C)(C)c1ccc(C(=O)NCCCCC(NC(=O)NC(CCC(=O)O)C(=O)O)C(=O)O)cn1. The zero-order valence-electron chi connectivity index (χ0n) is 19.1. The molecule has 1 aromatic rings. The molecule has 13 heteroatoms. The van der Waals surface area contributed by atoms with E-state index in [-0.39, 0.29) is 29.8 Å². The Kier molecular flexibility index (Phi) is 10.9. The van der Waals surface area contributed by atoms with Crippen molar-refractivity contribution in [2.24, 2.45) is 0 Å². The van der Waals surface area contributed by atoms with E-state index >= 15 is 0 Å². The first-order chi connectivity index (χ1) is 15.8. The zero-order valence-corrected chi connectivity index (χ0v) is 19.1. The van der Waals surface area contributed by atoms with E-state index in [2.05, 4.69) is 28.0 Å². The van der Waals surface area contributed by atoms with Gasteiger partial charge in [0.05, 0.1) is 5.56 Å². The van der Waals surface area contributed by atoms with Crippen LogP contribution in [0.3, 0.4) is 0 Å². The second-order valence-corrected chi connectivity index (χ2v) is 8.17. The molecule has 0 saturated heterocycles. The van der Waals surface area contributed by atoms with Crippen molar-refractivity contribution in [2.75, 3.05) is 20.6 Å². The molecule has 34 heavy (non-hydrogen) atoms. The summed E-state index contributed by atoms with van der Waals surface area (Å²) in [6.07, 6.45) is 1.45. The number of hydrogen-bond acceptors (Lipinski definition) is 6. The van der Waals surface area contributed by atoms with E-state index in [9.17, 15) is 29.1 Å². The maximum atomic E-state index is 12.2. The number of hydrogen-bond donors (Lipinski definition) is 6. The summed E-state index contributed by atoms with van der Waals surface area (Å²) in [6, 6.07) is -0.453. The lowest BCUT2D eigenvalue weighted by molar-refractivity contribution is -0.140. The fourth-order valence-corrected chi connectivity index (χ4v) is 2.80. The van der Waals surface area contributed by atoms with E-state index in [1.807, 2.05) is 14.1 Å². The number of rotatable bonds is 14. The van der Waals surface area contributed by atoms with Gasteiger partial charge in [0, 0.05) is 39.3 Å². The Morgan fingerprint density at radius 3 is 2.03 bits per heavy atom. The second-order valence-electron chi connectivity index (χ2n) is 8.17. The van der Waals surface area contributed by atoms with Crippen molar-refractivity contribution < 1.29 is 39.3 Å². The molecule has 0 aromatic carbocycles. The molecule has 3 amide bonds. The molecule has 0 saturated carbocycles. The molecule has 0 aliphatic heterocycles. The van der Waals surface area contributed by atoms with E-state index < -0.39 is 42.4 Å². The van der Waals surface area contributed by atoms with Gasteiger partial charge in [-0.15, -0.1) is 7.05 Å². The number of pyridine rings is 1. The van der Waals surface area contributed by atoms with Gasteiger partial charge in [-0.1, -0.05) is 0 Å². The summed E-state index contributed by atoms with van der Waals surface area (Å²) in [5.41, 5.74) is 0.370. The minimum absolute atomic E-state index is 0.0399. The van der Waals surface area contributed by atoms with Crippen molar-refractivity contribution >= 4 is 35.7 Å². The first kappa shape index (κ1) is 28.3.